The first kappa shape index (κ1) is 19.8. The topological polar surface area (TPSA) is 105 Å². The summed E-state index contributed by atoms with van der Waals surface area (Å²) >= 11 is 0. The summed E-state index contributed by atoms with van der Waals surface area (Å²) in [6, 6.07) is 14.1. The Hall–Kier alpha value is -3.94. The summed E-state index contributed by atoms with van der Waals surface area (Å²) in [4.78, 5) is 20.8. The van der Waals surface area contributed by atoms with Crippen LogP contribution in [-0.2, 0) is 0 Å². The van der Waals surface area contributed by atoms with Crippen LogP contribution in [0.3, 0.4) is 0 Å². The summed E-state index contributed by atoms with van der Waals surface area (Å²) < 4.78 is 11.7. The predicted molar refractivity (Wildman–Crippen MR) is 107 cm³/mol. The molecule has 0 aliphatic carbocycles. The Bertz CT molecular complexity index is 1110. The fraction of sp³-hybridized carbons (Fsp3) is 0.143. The molecule has 0 radical (unpaired) electrons. The summed E-state index contributed by atoms with van der Waals surface area (Å²) in [5.41, 5.74) is 2.13. The minimum Gasteiger partial charge on any atom is -0.457 e. The molecule has 0 saturated heterocycles. The minimum atomic E-state index is -0.451. The zero-order valence-electron chi connectivity index (χ0n) is 16.0. The first-order valence-corrected chi connectivity index (χ1v) is 8.71. The molecule has 0 N–H and O–H groups in total. The largest absolute Gasteiger partial charge is 0.457 e. The Morgan fingerprint density at radius 3 is 1.45 bits per heavy atom. The van der Waals surface area contributed by atoms with Gasteiger partial charge in [0.1, 0.15) is 23.0 Å². The van der Waals surface area contributed by atoms with Gasteiger partial charge >= 0.3 is 0 Å². The zero-order chi connectivity index (χ0) is 21.1. The molecule has 0 amide bonds. The molecule has 0 aromatic heterocycles. The SMILES string of the molecule is Cc1cc([N+](=O)[O-])ccc1Oc1ccc(Oc2ccc([N+](=O)[O-])cc2C)c(C)c1. The second-order valence-electron chi connectivity index (χ2n) is 6.55. The third kappa shape index (κ3) is 4.49. The van der Waals surface area contributed by atoms with E-state index in [4.69, 9.17) is 9.47 Å². The number of ether oxygens (including phenoxy) is 2. The Morgan fingerprint density at radius 1 is 0.621 bits per heavy atom. The van der Waals surface area contributed by atoms with Crippen molar-refractivity contribution >= 4 is 11.4 Å². The van der Waals surface area contributed by atoms with Gasteiger partial charge in [0.05, 0.1) is 9.85 Å². The number of nitro groups is 2. The maximum absolute atomic E-state index is 10.9. The molecule has 0 unspecified atom stereocenters. The van der Waals surface area contributed by atoms with Crippen molar-refractivity contribution in [3.05, 3.63) is 91.5 Å². The molecule has 0 aliphatic rings. The normalized spacial score (nSPS) is 10.4. The van der Waals surface area contributed by atoms with Gasteiger partial charge in [0.15, 0.2) is 0 Å². The minimum absolute atomic E-state index is 0.00764. The molecular formula is C21H18N2O6. The highest BCUT2D eigenvalue weighted by Gasteiger charge is 2.12. The second kappa shape index (κ2) is 7.97. The van der Waals surface area contributed by atoms with Gasteiger partial charge in [-0.2, -0.15) is 0 Å². The molecule has 8 nitrogen and oxygen atoms in total. The number of hydrogen-bond acceptors (Lipinski definition) is 6. The zero-order valence-corrected chi connectivity index (χ0v) is 16.0. The highest BCUT2D eigenvalue weighted by molar-refractivity contribution is 5.49. The van der Waals surface area contributed by atoms with Gasteiger partial charge in [0, 0.05) is 24.3 Å². The van der Waals surface area contributed by atoms with E-state index in [1.165, 1.54) is 24.3 Å². The van der Waals surface area contributed by atoms with E-state index in [9.17, 15) is 20.2 Å². The van der Waals surface area contributed by atoms with Crippen LogP contribution in [0.1, 0.15) is 16.7 Å². The van der Waals surface area contributed by atoms with Crippen LogP contribution < -0.4 is 9.47 Å². The summed E-state index contributed by atoms with van der Waals surface area (Å²) in [6.45, 7) is 5.34. The van der Waals surface area contributed by atoms with Crippen molar-refractivity contribution in [1.29, 1.82) is 0 Å². The standard InChI is InChI=1S/C21H18N2O6/c1-13-10-16(22(24)25)4-7-19(13)28-18-6-9-21(15(3)12-18)29-20-8-5-17(23(26)27)11-14(20)2/h4-12H,1-3H3. The van der Waals surface area contributed by atoms with Gasteiger partial charge in [-0.1, -0.05) is 0 Å². The highest BCUT2D eigenvalue weighted by atomic mass is 16.6. The van der Waals surface area contributed by atoms with Crippen molar-refractivity contribution in [2.45, 2.75) is 20.8 Å². The van der Waals surface area contributed by atoms with E-state index in [1.54, 1.807) is 44.2 Å². The third-order valence-corrected chi connectivity index (χ3v) is 4.33. The summed E-state index contributed by atoms with van der Waals surface area (Å²) in [7, 11) is 0. The lowest BCUT2D eigenvalue weighted by atomic mass is 10.1. The van der Waals surface area contributed by atoms with Crippen molar-refractivity contribution in [1.82, 2.24) is 0 Å². The van der Waals surface area contributed by atoms with Gasteiger partial charge in [-0.05, 0) is 67.8 Å². The molecule has 29 heavy (non-hydrogen) atoms. The maximum Gasteiger partial charge on any atom is 0.269 e. The number of non-ortho nitro benzene ring substituents is 2. The van der Waals surface area contributed by atoms with Gasteiger partial charge in [-0.25, -0.2) is 0 Å². The lowest BCUT2D eigenvalue weighted by Crippen LogP contribution is -1.94. The number of aryl methyl sites for hydroxylation is 3. The van der Waals surface area contributed by atoms with Crippen LogP contribution in [-0.4, -0.2) is 9.85 Å². The molecule has 0 spiro atoms. The molecule has 3 aromatic rings. The first-order chi connectivity index (χ1) is 13.7. The van der Waals surface area contributed by atoms with E-state index in [1.807, 2.05) is 6.92 Å². The van der Waals surface area contributed by atoms with Gasteiger partial charge in [-0.15, -0.1) is 0 Å². The van der Waals surface area contributed by atoms with Crippen LogP contribution in [0.4, 0.5) is 11.4 Å². The quantitative estimate of drug-likeness (QED) is 0.374. The molecule has 0 aliphatic heterocycles. The molecular weight excluding hydrogens is 376 g/mol. The van der Waals surface area contributed by atoms with Crippen LogP contribution in [0.5, 0.6) is 23.0 Å². The van der Waals surface area contributed by atoms with E-state index < -0.39 is 9.85 Å². The van der Waals surface area contributed by atoms with E-state index in [0.29, 0.717) is 34.1 Å². The van der Waals surface area contributed by atoms with Crippen molar-refractivity contribution in [3.8, 4) is 23.0 Å². The fourth-order valence-electron chi connectivity index (χ4n) is 2.77. The van der Waals surface area contributed by atoms with E-state index >= 15 is 0 Å². The molecule has 0 saturated carbocycles. The molecule has 148 valence electrons. The molecule has 0 bridgehead atoms. The van der Waals surface area contributed by atoms with Crippen LogP contribution in [0.2, 0.25) is 0 Å². The average Bonchev–Trinajstić information content (AvgIpc) is 2.66. The lowest BCUT2D eigenvalue weighted by Gasteiger charge is -2.13. The lowest BCUT2D eigenvalue weighted by molar-refractivity contribution is -0.385. The van der Waals surface area contributed by atoms with Gasteiger partial charge in [0.2, 0.25) is 0 Å². The first-order valence-electron chi connectivity index (χ1n) is 8.71. The van der Waals surface area contributed by atoms with Crippen molar-refractivity contribution < 1.29 is 19.3 Å². The Balaban J connectivity index is 1.79. The van der Waals surface area contributed by atoms with Gasteiger partial charge in [-0.3, -0.25) is 20.2 Å². The van der Waals surface area contributed by atoms with Gasteiger partial charge in [0.25, 0.3) is 11.4 Å². The van der Waals surface area contributed by atoms with E-state index in [-0.39, 0.29) is 11.4 Å². The molecule has 0 heterocycles. The smallest absolute Gasteiger partial charge is 0.269 e. The number of benzene rings is 3. The van der Waals surface area contributed by atoms with Crippen LogP contribution in [0.15, 0.2) is 54.6 Å². The molecule has 3 aromatic carbocycles. The third-order valence-electron chi connectivity index (χ3n) is 4.33. The second-order valence-corrected chi connectivity index (χ2v) is 6.55. The highest BCUT2D eigenvalue weighted by Crippen LogP contribution is 2.34. The predicted octanol–water partition coefficient (Wildman–Crippen LogP) is 6.01. The fourth-order valence-corrected chi connectivity index (χ4v) is 2.77. The number of rotatable bonds is 6. The monoisotopic (exact) mass is 394 g/mol. The number of nitrogens with zero attached hydrogens (tertiary/aromatic N) is 2. The molecule has 3 rings (SSSR count). The van der Waals surface area contributed by atoms with Crippen molar-refractivity contribution in [3.63, 3.8) is 0 Å². The number of hydrogen-bond donors (Lipinski definition) is 0. The Morgan fingerprint density at radius 2 is 1.03 bits per heavy atom. The number of nitro benzene ring substituents is 2. The molecule has 0 atom stereocenters. The maximum atomic E-state index is 10.9. The van der Waals surface area contributed by atoms with E-state index in [0.717, 1.165) is 5.56 Å². The van der Waals surface area contributed by atoms with Crippen molar-refractivity contribution in [2.75, 3.05) is 0 Å². The summed E-state index contributed by atoms with van der Waals surface area (Å²) in [6.07, 6.45) is 0. The Labute approximate surface area is 166 Å². The van der Waals surface area contributed by atoms with Crippen molar-refractivity contribution in [2.24, 2.45) is 0 Å². The van der Waals surface area contributed by atoms with Crippen LogP contribution >= 0.6 is 0 Å². The summed E-state index contributed by atoms with van der Waals surface area (Å²) in [5, 5.41) is 21.7. The summed E-state index contributed by atoms with van der Waals surface area (Å²) in [5.74, 6) is 2.20. The van der Waals surface area contributed by atoms with Crippen LogP contribution in [0, 0.1) is 41.0 Å². The molecule has 0 fully saturated rings. The molecule has 8 heteroatoms. The average molecular weight is 394 g/mol. The Kier molecular flexibility index (Phi) is 5.45. The van der Waals surface area contributed by atoms with Gasteiger partial charge < -0.3 is 9.47 Å². The van der Waals surface area contributed by atoms with Crippen LogP contribution in [0.25, 0.3) is 0 Å². The van der Waals surface area contributed by atoms with E-state index in [2.05, 4.69) is 0 Å².